The van der Waals surface area contributed by atoms with Crippen LogP contribution in [0.25, 0.3) is 0 Å². The van der Waals surface area contributed by atoms with Gasteiger partial charge in [0.05, 0.1) is 5.41 Å². The molecule has 0 amide bonds. The number of halogens is 1. The van der Waals surface area contributed by atoms with E-state index in [9.17, 15) is 4.79 Å². The molecule has 0 aromatic heterocycles. The Balaban J connectivity index is 2.38. The number of carbonyl (C=O) groups is 1. The van der Waals surface area contributed by atoms with Crippen LogP contribution in [0, 0.1) is 0 Å². The predicted molar refractivity (Wildman–Crippen MR) is 57.7 cm³/mol. The maximum Gasteiger partial charge on any atom is 0.143 e. The maximum absolute atomic E-state index is 11.7. The number of carbonyl (C=O) groups excluding carboxylic acids is 1. The van der Waals surface area contributed by atoms with Gasteiger partial charge in [-0.2, -0.15) is 0 Å². The highest BCUT2D eigenvalue weighted by atomic mass is 35.5. The third kappa shape index (κ3) is 1.46. The van der Waals surface area contributed by atoms with Crippen LogP contribution in [0.5, 0.6) is 0 Å². The van der Waals surface area contributed by atoms with E-state index in [0.29, 0.717) is 5.78 Å². The highest BCUT2D eigenvalue weighted by Crippen LogP contribution is 2.37. The van der Waals surface area contributed by atoms with E-state index in [1.54, 1.807) is 0 Å². The number of benzene rings is 1. The average molecular weight is 209 g/mol. The molecule has 2 rings (SSSR count). The Morgan fingerprint density at radius 2 is 1.93 bits per heavy atom. The molecule has 0 N–H and O–H groups in total. The molecule has 1 aliphatic rings. The molecule has 0 spiro atoms. The van der Waals surface area contributed by atoms with Crippen LogP contribution >= 0.6 is 11.6 Å². The van der Waals surface area contributed by atoms with E-state index in [2.05, 4.69) is 0 Å². The third-order valence-corrected chi connectivity index (χ3v) is 3.43. The molecular weight excluding hydrogens is 196 g/mol. The summed E-state index contributed by atoms with van der Waals surface area (Å²) in [7, 11) is 0. The van der Waals surface area contributed by atoms with Gasteiger partial charge in [-0.3, -0.25) is 4.79 Å². The van der Waals surface area contributed by atoms with Gasteiger partial charge in [0.1, 0.15) is 5.78 Å². The van der Waals surface area contributed by atoms with Gasteiger partial charge in [-0.1, -0.05) is 23.7 Å². The molecule has 14 heavy (non-hydrogen) atoms. The molecule has 1 saturated carbocycles. The molecule has 1 aromatic rings. The molecule has 0 saturated heterocycles. The third-order valence-electron chi connectivity index (χ3n) is 3.18. The first-order valence-corrected chi connectivity index (χ1v) is 5.30. The monoisotopic (exact) mass is 208 g/mol. The number of hydrogen-bond donors (Lipinski definition) is 0. The van der Waals surface area contributed by atoms with Crippen LogP contribution in [-0.4, -0.2) is 5.78 Å². The van der Waals surface area contributed by atoms with Crippen LogP contribution in [0.3, 0.4) is 0 Å². The van der Waals surface area contributed by atoms with Crippen molar-refractivity contribution in [2.45, 2.75) is 31.6 Å². The number of hydrogen-bond acceptors (Lipinski definition) is 1. The molecule has 1 atom stereocenters. The zero-order valence-corrected chi connectivity index (χ0v) is 8.97. The van der Waals surface area contributed by atoms with Crippen molar-refractivity contribution >= 4 is 17.4 Å². The quantitative estimate of drug-likeness (QED) is 0.692. The van der Waals surface area contributed by atoms with Gasteiger partial charge < -0.3 is 0 Å². The van der Waals surface area contributed by atoms with Crippen LogP contribution in [-0.2, 0) is 10.2 Å². The second-order valence-corrected chi connectivity index (χ2v) is 4.55. The summed E-state index contributed by atoms with van der Waals surface area (Å²) in [5.74, 6) is 0.361. The topological polar surface area (TPSA) is 17.1 Å². The summed E-state index contributed by atoms with van der Waals surface area (Å²) in [6.07, 6.45) is 2.70. The van der Waals surface area contributed by atoms with E-state index < -0.39 is 0 Å². The Labute approximate surface area is 89.1 Å². The van der Waals surface area contributed by atoms with Gasteiger partial charge in [-0.05, 0) is 37.5 Å². The summed E-state index contributed by atoms with van der Waals surface area (Å²) < 4.78 is 0. The summed E-state index contributed by atoms with van der Waals surface area (Å²) in [6.45, 7) is 2.03. The summed E-state index contributed by atoms with van der Waals surface area (Å²) in [6, 6.07) is 7.64. The van der Waals surface area contributed by atoms with Crippen molar-refractivity contribution in [2.24, 2.45) is 0 Å². The van der Waals surface area contributed by atoms with Crippen molar-refractivity contribution in [3.63, 3.8) is 0 Å². The van der Waals surface area contributed by atoms with Crippen molar-refractivity contribution in [3.8, 4) is 0 Å². The van der Waals surface area contributed by atoms with E-state index >= 15 is 0 Å². The second-order valence-electron chi connectivity index (χ2n) is 4.12. The Morgan fingerprint density at radius 3 is 2.43 bits per heavy atom. The zero-order valence-electron chi connectivity index (χ0n) is 8.22. The molecule has 0 bridgehead atoms. The molecule has 0 radical (unpaired) electrons. The second kappa shape index (κ2) is 3.39. The van der Waals surface area contributed by atoms with Gasteiger partial charge >= 0.3 is 0 Å². The van der Waals surface area contributed by atoms with Gasteiger partial charge in [0, 0.05) is 11.4 Å². The SMILES string of the molecule is C[C@@]1(c2ccc(Cl)cc2)CCCC1=O. The van der Waals surface area contributed by atoms with Gasteiger partial charge in [-0.25, -0.2) is 0 Å². The van der Waals surface area contributed by atoms with Crippen molar-refractivity contribution in [1.29, 1.82) is 0 Å². The lowest BCUT2D eigenvalue weighted by Gasteiger charge is -2.22. The van der Waals surface area contributed by atoms with Crippen molar-refractivity contribution in [3.05, 3.63) is 34.9 Å². The van der Waals surface area contributed by atoms with Gasteiger partial charge in [0.25, 0.3) is 0 Å². The standard InChI is InChI=1S/C12H13ClO/c1-12(8-2-3-11(12)14)9-4-6-10(13)7-5-9/h4-7H,2-3,8H2,1H3/t12-/m0/s1. The molecule has 1 aromatic carbocycles. The average Bonchev–Trinajstić information content (AvgIpc) is 2.49. The summed E-state index contributed by atoms with van der Waals surface area (Å²) in [5, 5.41) is 0.725. The highest BCUT2D eigenvalue weighted by Gasteiger charge is 2.38. The van der Waals surface area contributed by atoms with Crippen molar-refractivity contribution in [2.75, 3.05) is 0 Å². The van der Waals surface area contributed by atoms with E-state index in [1.807, 2.05) is 31.2 Å². The summed E-state index contributed by atoms with van der Waals surface area (Å²) in [4.78, 5) is 11.7. The number of Topliss-reactive ketones (excluding diaryl/α,β-unsaturated/α-hetero) is 1. The first-order valence-electron chi connectivity index (χ1n) is 4.92. The largest absolute Gasteiger partial charge is 0.299 e. The minimum Gasteiger partial charge on any atom is -0.299 e. The minimum atomic E-state index is -0.259. The lowest BCUT2D eigenvalue weighted by molar-refractivity contribution is -0.121. The predicted octanol–water partition coefficient (Wildman–Crippen LogP) is 3.35. The Bertz CT molecular complexity index is 355. The molecule has 1 fully saturated rings. The fourth-order valence-electron chi connectivity index (χ4n) is 2.14. The Morgan fingerprint density at radius 1 is 1.29 bits per heavy atom. The van der Waals surface area contributed by atoms with Crippen LogP contribution in [0.1, 0.15) is 31.7 Å². The highest BCUT2D eigenvalue weighted by molar-refractivity contribution is 6.30. The van der Waals surface area contributed by atoms with Crippen LogP contribution in [0.4, 0.5) is 0 Å². The Hall–Kier alpha value is -0.820. The summed E-state index contributed by atoms with van der Waals surface area (Å²) >= 11 is 5.82. The van der Waals surface area contributed by atoms with E-state index in [-0.39, 0.29) is 5.41 Å². The first-order chi connectivity index (χ1) is 6.63. The van der Waals surface area contributed by atoms with Crippen molar-refractivity contribution in [1.82, 2.24) is 0 Å². The minimum absolute atomic E-state index is 0.259. The molecule has 1 nitrogen and oxygen atoms in total. The molecule has 0 unspecified atom stereocenters. The normalized spacial score (nSPS) is 26.9. The molecule has 2 heteroatoms. The zero-order chi connectivity index (χ0) is 10.2. The molecule has 74 valence electrons. The lowest BCUT2D eigenvalue weighted by atomic mass is 9.80. The van der Waals surface area contributed by atoms with Gasteiger partial charge in [0.15, 0.2) is 0 Å². The van der Waals surface area contributed by atoms with Crippen LogP contribution in [0.2, 0.25) is 5.02 Å². The molecule has 1 aliphatic carbocycles. The molecule has 0 heterocycles. The lowest BCUT2D eigenvalue weighted by Crippen LogP contribution is -2.26. The maximum atomic E-state index is 11.7. The Kier molecular flexibility index (Phi) is 2.36. The summed E-state index contributed by atoms with van der Waals surface area (Å²) in [5.41, 5.74) is 0.842. The van der Waals surface area contributed by atoms with Gasteiger partial charge in [-0.15, -0.1) is 0 Å². The van der Waals surface area contributed by atoms with Crippen molar-refractivity contribution < 1.29 is 4.79 Å². The van der Waals surface area contributed by atoms with E-state index in [0.717, 1.165) is 29.8 Å². The van der Waals surface area contributed by atoms with Crippen LogP contribution < -0.4 is 0 Å². The van der Waals surface area contributed by atoms with E-state index in [1.165, 1.54) is 0 Å². The molecular formula is C12H13ClO. The molecule has 0 aliphatic heterocycles. The van der Waals surface area contributed by atoms with Gasteiger partial charge in [0.2, 0.25) is 0 Å². The smallest absolute Gasteiger partial charge is 0.143 e. The first kappa shape index (κ1) is 9.72. The number of ketones is 1. The van der Waals surface area contributed by atoms with E-state index in [4.69, 9.17) is 11.6 Å². The fraction of sp³-hybridized carbons (Fsp3) is 0.417. The number of rotatable bonds is 1. The van der Waals surface area contributed by atoms with Crippen LogP contribution in [0.15, 0.2) is 24.3 Å². The fourth-order valence-corrected chi connectivity index (χ4v) is 2.27.